The highest BCUT2D eigenvalue weighted by atomic mass is 32.2. The van der Waals surface area contributed by atoms with Gasteiger partial charge in [0.25, 0.3) is 5.91 Å². The fraction of sp³-hybridized carbons (Fsp3) is 0.562. The highest BCUT2D eigenvalue weighted by molar-refractivity contribution is 7.91. The summed E-state index contributed by atoms with van der Waals surface area (Å²) in [5.41, 5.74) is 1.23. The van der Waals surface area contributed by atoms with E-state index in [1.807, 2.05) is 0 Å². The second-order valence-electron chi connectivity index (χ2n) is 6.62. The van der Waals surface area contributed by atoms with E-state index in [1.165, 1.54) is 0 Å². The van der Waals surface area contributed by atoms with Crippen molar-refractivity contribution in [2.24, 2.45) is 0 Å². The Morgan fingerprint density at radius 3 is 2.74 bits per heavy atom. The van der Waals surface area contributed by atoms with Crippen molar-refractivity contribution in [2.75, 3.05) is 25.0 Å². The Labute approximate surface area is 137 Å². The Morgan fingerprint density at radius 2 is 2.13 bits per heavy atom. The fourth-order valence-corrected chi connectivity index (χ4v) is 3.18. The summed E-state index contributed by atoms with van der Waals surface area (Å²) >= 11 is 0. The van der Waals surface area contributed by atoms with Gasteiger partial charge < -0.3 is 15.4 Å². The smallest absolute Gasteiger partial charge is 0.254 e. The van der Waals surface area contributed by atoms with Crippen LogP contribution in [0.25, 0.3) is 0 Å². The number of rotatable bonds is 4. The zero-order chi connectivity index (χ0) is 17.1. The molecular weight excluding hydrogens is 316 g/mol. The molecule has 1 amide bonds. The molecule has 1 aromatic carbocycles. The Hall–Kier alpha value is -1.44. The van der Waals surface area contributed by atoms with E-state index < -0.39 is 20.7 Å². The first-order chi connectivity index (χ1) is 10.7. The molecule has 128 valence electrons. The Bertz CT molecular complexity index is 659. The lowest BCUT2D eigenvalue weighted by atomic mass is 10.2. The summed E-state index contributed by atoms with van der Waals surface area (Å²) in [7, 11) is -3.26. The number of hydrogen-bond donors (Lipinski definition) is 2. The summed E-state index contributed by atoms with van der Waals surface area (Å²) in [4.78, 5) is 12.1. The van der Waals surface area contributed by atoms with Gasteiger partial charge in [-0.15, -0.1) is 0 Å². The molecule has 1 aromatic rings. The number of benzene rings is 1. The largest absolute Gasteiger partial charge is 0.366 e. The van der Waals surface area contributed by atoms with Crippen molar-refractivity contribution in [2.45, 2.75) is 37.4 Å². The summed E-state index contributed by atoms with van der Waals surface area (Å²) in [5, 5.41) is 5.87. The van der Waals surface area contributed by atoms with E-state index in [2.05, 4.69) is 10.6 Å². The summed E-state index contributed by atoms with van der Waals surface area (Å²) in [6, 6.07) is 6.92. The lowest BCUT2D eigenvalue weighted by molar-refractivity contribution is -0.128. The van der Waals surface area contributed by atoms with Gasteiger partial charge in [0.05, 0.1) is 17.1 Å². The number of anilines is 1. The van der Waals surface area contributed by atoms with Gasteiger partial charge in [0, 0.05) is 18.8 Å². The zero-order valence-electron chi connectivity index (χ0n) is 13.8. The van der Waals surface area contributed by atoms with E-state index in [9.17, 15) is 13.2 Å². The number of carbonyl (C=O) groups excluding carboxylic acids is 1. The Balaban J connectivity index is 2.06. The van der Waals surface area contributed by atoms with Crippen LogP contribution in [0, 0.1) is 0 Å². The van der Waals surface area contributed by atoms with Crippen LogP contribution in [0.5, 0.6) is 0 Å². The molecule has 1 unspecified atom stereocenters. The predicted octanol–water partition coefficient (Wildman–Crippen LogP) is 1.33. The highest BCUT2D eigenvalue weighted by Gasteiger charge is 2.29. The molecule has 1 fully saturated rings. The van der Waals surface area contributed by atoms with Crippen molar-refractivity contribution >= 4 is 21.4 Å². The van der Waals surface area contributed by atoms with Crippen LogP contribution in [-0.4, -0.2) is 44.9 Å². The minimum absolute atomic E-state index is 0.0539. The number of sulfone groups is 1. The van der Waals surface area contributed by atoms with Crippen molar-refractivity contribution in [3.63, 3.8) is 0 Å². The highest BCUT2D eigenvalue weighted by Crippen LogP contribution is 2.22. The molecule has 1 heterocycles. The molecule has 0 aliphatic carbocycles. The molecule has 0 bridgehead atoms. The van der Waals surface area contributed by atoms with Crippen LogP contribution in [0.1, 0.15) is 26.3 Å². The van der Waals surface area contributed by atoms with Crippen molar-refractivity contribution in [3.05, 3.63) is 29.8 Å². The van der Waals surface area contributed by atoms with E-state index >= 15 is 0 Å². The average Bonchev–Trinajstić information content (AvgIpc) is 2.47. The Kier molecular flexibility index (Phi) is 5.44. The number of carbonyl (C=O) groups is 1. The number of nitrogens with one attached hydrogen (secondary N) is 2. The Morgan fingerprint density at radius 1 is 1.39 bits per heavy atom. The van der Waals surface area contributed by atoms with Gasteiger partial charge in [0.2, 0.25) is 0 Å². The van der Waals surface area contributed by atoms with Crippen LogP contribution < -0.4 is 10.6 Å². The fourth-order valence-electron chi connectivity index (χ4n) is 2.13. The van der Waals surface area contributed by atoms with E-state index in [0.29, 0.717) is 24.4 Å². The minimum Gasteiger partial charge on any atom is -0.366 e. The predicted molar refractivity (Wildman–Crippen MR) is 90.1 cm³/mol. The first-order valence-electron chi connectivity index (χ1n) is 7.63. The number of morpholine rings is 1. The van der Waals surface area contributed by atoms with E-state index in [0.717, 1.165) is 6.54 Å². The number of ether oxygens (including phenoxy) is 1. The maximum absolute atomic E-state index is 12.3. The molecule has 0 saturated carbocycles. The monoisotopic (exact) mass is 340 g/mol. The third kappa shape index (κ3) is 4.76. The topological polar surface area (TPSA) is 84.5 Å². The van der Waals surface area contributed by atoms with Crippen LogP contribution in [0.3, 0.4) is 0 Å². The standard InChI is InChI=1S/C16H24N2O4S/c1-16(2,3)23(20,21)11-12-5-4-6-13(9-12)18-15(19)14-10-17-7-8-22-14/h4-6,9,14,17H,7-8,10-11H2,1-3H3,(H,18,19). The van der Waals surface area contributed by atoms with Gasteiger partial charge in [-0.05, 0) is 38.5 Å². The van der Waals surface area contributed by atoms with Gasteiger partial charge in [-0.1, -0.05) is 12.1 Å². The van der Waals surface area contributed by atoms with Crippen molar-refractivity contribution < 1.29 is 17.9 Å². The van der Waals surface area contributed by atoms with Gasteiger partial charge in [0.15, 0.2) is 9.84 Å². The molecule has 6 nitrogen and oxygen atoms in total. The molecule has 0 radical (unpaired) electrons. The van der Waals surface area contributed by atoms with E-state index in [-0.39, 0.29) is 11.7 Å². The molecule has 0 aromatic heterocycles. The maximum atomic E-state index is 12.3. The quantitative estimate of drug-likeness (QED) is 0.864. The first kappa shape index (κ1) is 17.9. The van der Waals surface area contributed by atoms with Crippen LogP contribution in [-0.2, 0) is 25.1 Å². The minimum atomic E-state index is -3.26. The maximum Gasteiger partial charge on any atom is 0.254 e. The molecule has 1 aliphatic heterocycles. The van der Waals surface area contributed by atoms with Crippen LogP contribution in [0.15, 0.2) is 24.3 Å². The molecular formula is C16H24N2O4S. The number of amides is 1. The van der Waals surface area contributed by atoms with Gasteiger partial charge in [0.1, 0.15) is 6.10 Å². The molecule has 1 aliphatic rings. The van der Waals surface area contributed by atoms with Gasteiger partial charge in [-0.25, -0.2) is 8.42 Å². The zero-order valence-corrected chi connectivity index (χ0v) is 14.6. The van der Waals surface area contributed by atoms with Crippen molar-refractivity contribution in [3.8, 4) is 0 Å². The molecule has 23 heavy (non-hydrogen) atoms. The molecule has 2 rings (SSSR count). The number of hydrogen-bond acceptors (Lipinski definition) is 5. The lowest BCUT2D eigenvalue weighted by Gasteiger charge is -2.23. The summed E-state index contributed by atoms with van der Waals surface area (Å²) in [5.74, 6) is -0.283. The third-order valence-corrected chi connectivity index (χ3v) is 6.28. The molecule has 7 heteroatoms. The second kappa shape index (κ2) is 6.98. The van der Waals surface area contributed by atoms with Crippen molar-refractivity contribution in [1.29, 1.82) is 0 Å². The molecule has 2 N–H and O–H groups in total. The van der Waals surface area contributed by atoms with Crippen LogP contribution in [0.4, 0.5) is 5.69 Å². The van der Waals surface area contributed by atoms with Crippen LogP contribution >= 0.6 is 0 Å². The SMILES string of the molecule is CC(C)(C)S(=O)(=O)Cc1cccc(NC(=O)C2CNCCO2)c1. The first-order valence-corrected chi connectivity index (χ1v) is 9.29. The summed E-state index contributed by atoms with van der Waals surface area (Å²) in [6.07, 6.45) is -0.522. The van der Waals surface area contributed by atoms with Crippen LogP contribution in [0.2, 0.25) is 0 Å². The van der Waals surface area contributed by atoms with E-state index in [1.54, 1.807) is 45.0 Å². The van der Waals surface area contributed by atoms with Gasteiger partial charge in [-0.2, -0.15) is 0 Å². The van der Waals surface area contributed by atoms with E-state index in [4.69, 9.17) is 4.74 Å². The normalized spacial score (nSPS) is 19.3. The summed E-state index contributed by atoms with van der Waals surface area (Å²) in [6.45, 7) is 6.76. The van der Waals surface area contributed by atoms with Crippen molar-refractivity contribution in [1.82, 2.24) is 5.32 Å². The third-order valence-electron chi connectivity index (χ3n) is 3.70. The average molecular weight is 340 g/mol. The van der Waals surface area contributed by atoms with Gasteiger partial charge >= 0.3 is 0 Å². The second-order valence-corrected chi connectivity index (χ2v) is 9.37. The molecule has 1 atom stereocenters. The summed E-state index contributed by atoms with van der Waals surface area (Å²) < 4.78 is 29.2. The van der Waals surface area contributed by atoms with Gasteiger partial charge in [-0.3, -0.25) is 4.79 Å². The lowest BCUT2D eigenvalue weighted by Crippen LogP contribution is -2.45. The molecule has 1 saturated heterocycles. The molecule has 0 spiro atoms.